The average Bonchev–Trinajstić information content (AvgIpc) is 2.48. The van der Waals surface area contributed by atoms with Crippen LogP contribution < -0.4 is 11.1 Å². The topological polar surface area (TPSA) is 55.1 Å². The molecule has 0 saturated heterocycles. The Bertz CT molecular complexity index is 346. The molecule has 5 heteroatoms. The minimum absolute atomic E-state index is 0.00350. The van der Waals surface area contributed by atoms with Crippen LogP contribution in [-0.4, -0.2) is 18.0 Å². The fraction of sp³-hybridized carbons (Fsp3) is 0.444. The van der Waals surface area contributed by atoms with Crippen molar-refractivity contribution in [2.45, 2.75) is 24.9 Å². The molecule has 0 spiro atoms. The van der Waals surface area contributed by atoms with Crippen LogP contribution in [0, 0.1) is 0 Å². The van der Waals surface area contributed by atoms with E-state index in [0.29, 0.717) is 0 Å². The third kappa shape index (κ3) is 1.99. The fourth-order valence-corrected chi connectivity index (χ4v) is 2.94. The largest absolute Gasteiger partial charge is 0.348 e. The van der Waals surface area contributed by atoms with Gasteiger partial charge in [-0.25, -0.2) is 0 Å². The van der Waals surface area contributed by atoms with Gasteiger partial charge in [-0.05, 0) is 40.2 Å². The zero-order valence-electron chi connectivity index (χ0n) is 7.50. The molecule has 1 aliphatic rings. The van der Waals surface area contributed by atoms with E-state index in [4.69, 9.17) is 5.73 Å². The van der Waals surface area contributed by atoms with Crippen molar-refractivity contribution in [2.24, 2.45) is 5.73 Å². The maximum Gasteiger partial charge on any atom is 0.262 e. The summed E-state index contributed by atoms with van der Waals surface area (Å²) in [6.45, 7) is 0. The predicted octanol–water partition coefficient (Wildman–Crippen LogP) is 1.73. The second kappa shape index (κ2) is 4.00. The van der Waals surface area contributed by atoms with Crippen molar-refractivity contribution in [1.82, 2.24) is 5.32 Å². The van der Waals surface area contributed by atoms with Gasteiger partial charge in [-0.3, -0.25) is 4.79 Å². The van der Waals surface area contributed by atoms with Gasteiger partial charge in [-0.2, -0.15) is 0 Å². The monoisotopic (exact) mass is 274 g/mol. The number of halogens is 1. The van der Waals surface area contributed by atoms with E-state index in [-0.39, 0.29) is 18.0 Å². The maximum atomic E-state index is 11.7. The lowest BCUT2D eigenvalue weighted by molar-refractivity contribution is 0.0913. The van der Waals surface area contributed by atoms with Gasteiger partial charge in [-0.15, -0.1) is 11.3 Å². The van der Waals surface area contributed by atoms with Crippen molar-refractivity contribution in [1.29, 1.82) is 0 Å². The molecule has 0 aliphatic heterocycles. The number of thiophene rings is 1. The number of rotatable bonds is 2. The number of carbonyl (C=O) groups is 1. The SMILES string of the molecule is NC1CC(NC(=O)c2sccc2Br)C1. The van der Waals surface area contributed by atoms with E-state index in [1.54, 1.807) is 0 Å². The summed E-state index contributed by atoms with van der Waals surface area (Å²) < 4.78 is 0.864. The Hall–Kier alpha value is -0.390. The Labute approximate surface area is 94.8 Å². The van der Waals surface area contributed by atoms with Crippen molar-refractivity contribution >= 4 is 33.2 Å². The second-order valence-electron chi connectivity index (χ2n) is 3.50. The molecule has 76 valence electrons. The van der Waals surface area contributed by atoms with Gasteiger partial charge in [0.1, 0.15) is 4.88 Å². The van der Waals surface area contributed by atoms with Gasteiger partial charge in [0.15, 0.2) is 0 Å². The number of hydrogen-bond donors (Lipinski definition) is 2. The van der Waals surface area contributed by atoms with E-state index in [0.717, 1.165) is 22.2 Å². The third-order valence-corrected chi connectivity index (χ3v) is 4.17. The summed E-state index contributed by atoms with van der Waals surface area (Å²) in [6, 6.07) is 2.42. The summed E-state index contributed by atoms with van der Waals surface area (Å²) in [5, 5.41) is 4.85. The zero-order valence-corrected chi connectivity index (χ0v) is 9.90. The Balaban J connectivity index is 1.93. The molecule has 1 fully saturated rings. The molecule has 14 heavy (non-hydrogen) atoms. The van der Waals surface area contributed by atoms with Gasteiger partial charge in [0, 0.05) is 16.6 Å². The minimum atomic E-state index is 0.00350. The van der Waals surface area contributed by atoms with Gasteiger partial charge in [-0.1, -0.05) is 0 Å². The van der Waals surface area contributed by atoms with Gasteiger partial charge in [0.05, 0.1) is 0 Å². The number of amides is 1. The Kier molecular flexibility index (Phi) is 2.90. The highest BCUT2D eigenvalue weighted by Crippen LogP contribution is 2.24. The normalized spacial score (nSPS) is 25.6. The molecule has 1 aromatic rings. The first-order valence-electron chi connectivity index (χ1n) is 4.46. The molecule has 1 amide bonds. The van der Waals surface area contributed by atoms with Gasteiger partial charge in [0.2, 0.25) is 0 Å². The summed E-state index contributed by atoms with van der Waals surface area (Å²) in [6.07, 6.45) is 1.80. The highest BCUT2D eigenvalue weighted by molar-refractivity contribution is 9.10. The molecule has 1 heterocycles. The first-order chi connectivity index (χ1) is 6.66. The highest BCUT2D eigenvalue weighted by Gasteiger charge is 2.28. The van der Waals surface area contributed by atoms with Crippen LogP contribution in [0.15, 0.2) is 15.9 Å². The molecule has 0 atom stereocenters. The molecular weight excluding hydrogens is 264 g/mol. The van der Waals surface area contributed by atoms with Gasteiger partial charge < -0.3 is 11.1 Å². The lowest BCUT2D eigenvalue weighted by Gasteiger charge is -2.32. The molecule has 2 rings (SSSR count). The van der Waals surface area contributed by atoms with Crippen LogP contribution in [0.5, 0.6) is 0 Å². The number of nitrogens with one attached hydrogen (secondary N) is 1. The van der Waals surface area contributed by atoms with Crippen molar-refractivity contribution in [2.75, 3.05) is 0 Å². The molecule has 3 nitrogen and oxygen atoms in total. The number of nitrogens with two attached hydrogens (primary N) is 1. The lowest BCUT2D eigenvalue weighted by atomic mass is 9.87. The van der Waals surface area contributed by atoms with E-state index in [1.165, 1.54) is 11.3 Å². The van der Waals surface area contributed by atoms with Crippen molar-refractivity contribution in [3.63, 3.8) is 0 Å². The molecular formula is C9H11BrN2OS. The fourth-order valence-electron chi connectivity index (χ4n) is 1.49. The van der Waals surface area contributed by atoms with Crippen LogP contribution in [0.4, 0.5) is 0 Å². The van der Waals surface area contributed by atoms with Crippen LogP contribution in [0.1, 0.15) is 22.5 Å². The van der Waals surface area contributed by atoms with Crippen molar-refractivity contribution in [3.05, 3.63) is 20.8 Å². The molecule has 0 aromatic carbocycles. The summed E-state index contributed by atoms with van der Waals surface area (Å²) in [5.74, 6) is 0.00350. The molecule has 0 bridgehead atoms. The second-order valence-corrected chi connectivity index (χ2v) is 5.27. The molecule has 1 saturated carbocycles. The van der Waals surface area contributed by atoms with Crippen molar-refractivity contribution in [3.8, 4) is 0 Å². The number of carbonyl (C=O) groups excluding carboxylic acids is 1. The first kappa shape index (κ1) is 10.1. The molecule has 1 aliphatic carbocycles. The van der Waals surface area contributed by atoms with E-state index in [2.05, 4.69) is 21.2 Å². The lowest BCUT2D eigenvalue weighted by Crippen LogP contribution is -2.50. The molecule has 0 unspecified atom stereocenters. The average molecular weight is 275 g/mol. The summed E-state index contributed by atoms with van der Waals surface area (Å²) in [5.41, 5.74) is 5.64. The van der Waals surface area contributed by atoms with Gasteiger partial charge >= 0.3 is 0 Å². The summed E-state index contributed by atoms with van der Waals surface area (Å²) in [4.78, 5) is 12.4. The summed E-state index contributed by atoms with van der Waals surface area (Å²) >= 11 is 4.78. The van der Waals surface area contributed by atoms with E-state index in [9.17, 15) is 4.79 Å². The summed E-state index contributed by atoms with van der Waals surface area (Å²) in [7, 11) is 0. The predicted molar refractivity (Wildman–Crippen MR) is 60.5 cm³/mol. The Morgan fingerprint density at radius 3 is 2.86 bits per heavy atom. The number of hydrogen-bond acceptors (Lipinski definition) is 3. The van der Waals surface area contributed by atoms with Crippen LogP contribution >= 0.6 is 27.3 Å². The maximum absolute atomic E-state index is 11.7. The zero-order chi connectivity index (χ0) is 10.1. The van der Waals surface area contributed by atoms with Crippen LogP contribution in [0.3, 0.4) is 0 Å². The van der Waals surface area contributed by atoms with Crippen LogP contribution in [0.2, 0.25) is 0 Å². The Morgan fingerprint density at radius 2 is 2.36 bits per heavy atom. The first-order valence-corrected chi connectivity index (χ1v) is 6.13. The van der Waals surface area contributed by atoms with Crippen molar-refractivity contribution < 1.29 is 4.79 Å². The van der Waals surface area contributed by atoms with Gasteiger partial charge in [0.25, 0.3) is 5.91 Å². The standard InChI is InChI=1S/C9H11BrN2OS/c10-7-1-2-14-8(7)9(13)12-6-3-5(11)4-6/h1-2,5-6H,3-4,11H2,(H,12,13). The van der Waals surface area contributed by atoms with E-state index < -0.39 is 0 Å². The molecule has 0 radical (unpaired) electrons. The van der Waals surface area contributed by atoms with E-state index in [1.807, 2.05) is 11.4 Å². The quantitative estimate of drug-likeness (QED) is 0.863. The smallest absolute Gasteiger partial charge is 0.262 e. The third-order valence-electron chi connectivity index (χ3n) is 2.33. The van der Waals surface area contributed by atoms with E-state index >= 15 is 0 Å². The minimum Gasteiger partial charge on any atom is -0.348 e. The van der Waals surface area contributed by atoms with Crippen LogP contribution in [0.25, 0.3) is 0 Å². The van der Waals surface area contributed by atoms with Crippen LogP contribution in [-0.2, 0) is 0 Å². The Morgan fingerprint density at radius 1 is 1.64 bits per heavy atom. The molecule has 1 aromatic heterocycles. The molecule has 3 N–H and O–H groups in total. The highest BCUT2D eigenvalue weighted by atomic mass is 79.9.